The molecule has 0 rings (SSSR count). The standard InChI is InChI=1S/C10H24N2O2/c1-4-12(5-2)9-10(13)8-11-6-7-14-3/h10-11,13H,4-9H2,1-3H3. The molecule has 0 bridgehead atoms. The number of hydrogen-bond acceptors (Lipinski definition) is 4. The van der Waals surface area contributed by atoms with Gasteiger partial charge in [0.2, 0.25) is 0 Å². The summed E-state index contributed by atoms with van der Waals surface area (Å²) in [5.41, 5.74) is 0. The fraction of sp³-hybridized carbons (Fsp3) is 1.00. The third-order valence-electron chi connectivity index (χ3n) is 2.23. The number of aliphatic hydroxyl groups excluding tert-OH is 1. The van der Waals surface area contributed by atoms with Crippen LogP contribution in [-0.2, 0) is 4.74 Å². The Morgan fingerprint density at radius 3 is 2.50 bits per heavy atom. The molecule has 1 atom stereocenters. The van der Waals surface area contributed by atoms with Gasteiger partial charge in [-0.05, 0) is 13.1 Å². The highest BCUT2D eigenvalue weighted by molar-refractivity contribution is 4.64. The van der Waals surface area contributed by atoms with Crippen molar-refractivity contribution in [2.75, 3.05) is 46.4 Å². The Bertz CT molecular complexity index is 119. The minimum Gasteiger partial charge on any atom is -0.390 e. The maximum absolute atomic E-state index is 9.64. The monoisotopic (exact) mass is 204 g/mol. The Labute approximate surface area is 87.2 Å². The van der Waals surface area contributed by atoms with E-state index in [2.05, 4.69) is 24.1 Å². The molecular weight excluding hydrogens is 180 g/mol. The molecule has 0 saturated carbocycles. The molecule has 0 aliphatic carbocycles. The average molecular weight is 204 g/mol. The van der Waals surface area contributed by atoms with Crippen molar-refractivity contribution >= 4 is 0 Å². The lowest BCUT2D eigenvalue weighted by atomic mass is 10.3. The summed E-state index contributed by atoms with van der Waals surface area (Å²) in [6.07, 6.45) is -0.285. The number of aliphatic hydroxyl groups is 1. The van der Waals surface area contributed by atoms with Gasteiger partial charge in [0.15, 0.2) is 0 Å². The predicted molar refractivity (Wildman–Crippen MR) is 58.5 cm³/mol. The normalized spacial score (nSPS) is 13.5. The van der Waals surface area contributed by atoms with Gasteiger partial charge >= 0.3 is 0 Å². The zero-order valence-electron chi connectivity index (χ0n) is 9.62. The summed E-state index contributed by atoms with van der Waals surface area (Å²) in [5.74, 6) is 0. The average Bonchev–Trinajstić information content (AvgIpc) is 2.21. The largest absolute Gasteiger partial charge is 0.390 e. The maximum Gasteiger partial charge on any atom is 0.0791 e. The van der Waals surface area contributed by atoms with Gasteiger partial charge < -0.3 is 20.1 Å². The van der Waals surface area contributed by atoms with Crippen molar-refractivity contribution in [2.24, 2.45) is 0 Å². The van der Waals surface area contributed by atoms with Gasteiger partial charge in [-0.25, -0.2) is 0 Å². The molecule has 1 unspecified atom stereocenters. The van der Waals surface area contributed by atoms with Crippen LogP contribution in [0.3, 0.4) is 0 Å². The molecule has 2 N–H and O–H groups in total. The second-order valence-corrected chi connectivity index (χ2v) is 3.34. The molecule has 0 fully saturated rings. The molecule has 0 aromatic rings. The third kappa shape index (κ3) is 7.26. The highest BCUT2D eigenvalue weighted by atomic mass is 16.5. The number of nitrogens with zero attached hydrogens (tertiary/aromatic N) is 1. The molecule has 4 nitrogen and oxygen atoms in total. The summed E-state index contributed by atoms with van der Waals surface area (Å²) in [6, 6.07) is 0. The van der Waals surface area contributed by atoms with E-state index in [9.17, 15) is 5.11 Å². The summed E-state index contributed by atoms with van der Waals surface area (Å²) in [5, 5.41) is 12.8. The molecule has 0 aliphatic heterocycles. The van der Waals surface area contributed by atoms with Crippen LogP contribution in [0.15, 0.2) is 0 Å². The molecule has 0 spiro atoms. The Morgan fingerprint density at radius 1 is 1.36 bits per heavy atom. The lowest BCUT2D eigenvalue weighted by Gasteiger charge is -2.21. The van der Waals surface area contributed by atoms with Crippen molar-refractivity contribution in [1.29, 1.82) is 0 Å². The third-order valence-corrected chi connectivity index (χ3v) is 2.23. The second kappa shape index (κ2) is 9.40. The minimum absolute atomic E-state index is 0.285. The van der Waals surface area contributed by atoms with E-state index in [1.54, 1.807) is 7.11 Å². The number of methoxy groups -OCH3 is 1. The van der Waals surface area contributed by atoms with Crippen molar-refractivity contribution < 1.29 is 9.84 Å². The van der Waals surface area contributed by atoms with Crippen LogP contribution in [0, 0.1) is 0 Å². The van der Waals surface area contributed by atoms with E-state index >= 15 is 0 Å². The van der Waals surface area contributed by atoms with Crippen molar-refractivity contribution in [3.05, 3.63) is 0 Å². The number of ether oxygens (including phenoxy) is 1. The Balaban J connectivity index is 3.38. The van der Waals surface area contributed by atoms with Crippen LogP contribution in [-0.4, -0.2) is 62.6 Å². The molecule has 0 aromatic carbocycles. The Kier molecular flexibility index (Phi) is 9.29. The molecule has 0 aliphatic rings. The summed E-state index contributed by atoms with van der Waals surface area (Å²) >= 11 is 0. The quantitative estimate of drug-likeness (QED) is 0.516. The van der Waals surface area contributed by atoms with E-state index in [4.69, 9.17) is 4.74 Å². The molecular formula is C10H24N2O2. The lowest BCUT2D eigenvalue weighted by Crippen LogP contribution is -2.39. The molecule has 4 heteroatoms. The number of hydrogen-bond donors (Lipinski definition) is 2. The minimum atomic E-state index is -0.285. The van der Waals surface area contributed by atoms with Crippen LogP contribution in [0.5, 0.6) is 0 Å². The zero-order valence-corrected chi connectivity index (χ0v) is 9.62. The summed E-state index contributed by atoms with van der Waals surface area (Å²) in [6.45, 7) is 9.07. The van der Waals surface area contributed by atoms with E-state index in [-0.39, 0.29) is 6.10 Å². The first-order chi connectivity index (χ1) is 6.74. The first kappa shape index (κ1) is 13.8. The fourth-order valence-corrected chi connectivity index (χ4v) is 1.29. The van der Waals surface area contributed by atoms with Gasteiger partial charge in [0.1, 0.15) is 0 Å². The Hall–Kier alpha value is -0.160. The van der Waals surface area contributed by atoms with E-state index in [1.165, 1.54) is 0 Å². The second-order valence-electron chi connectivity index (χ2n) is 3.34. The van der Waals surface area contributed by atoms with Gasteiger partial charge in [0.05, 0.1) is 12.7 Å². The molecule has 14 heavy (non-hydrogen) atoms. The van der Waals surface area contributed by atoms with Crippen molar-refractivity contribution in [1.82, 2.24) is 10.2 Å². The van der Waals surface area contributed by atoms with Crippen LogP contribution in [0.2, 0.25) is 0 Å². The van der Waals surface area contributed by atoms with Crippen LogP contribution in [0.4, 0.5) is 0 Å². The van der Waals surface area contributed by atoms with E-state index in [1.807, 2.05) is 0 Å². The van der Waals surface area contributed by atoms with Gasteiger partial charge in [-0.15, -0.1) is 0 Å². The van der Waals surface area contributed by atoms with Crippen LogP contribution in [0.25, 0.3) is 0 Å². The zero-order chi connectivity index (χ0) is 10.8. The molecule has 86 valence electrons. The summed E-state index contributed by atoms with van der Waals surface area (Å²) in [4.78, 5) is 2.21. The molecule has 0 amide bonds. The van der Waals surface area contributed by atoms with Gasteiger partial charge in [-0.3, -0.25) is 0 Å². The van der Waals surface area contributed by atoms with Crippen molar-refractivity contribution in [3.63, 3.8) is 0 Å². The number of nitrogens with one attached hydrogen (secondary N) is 1. The summed E-state index contributed by atoms with van der Waals surface area (Å²) < 4.78 is 4.89. The maximum atomic E-state index is 9.64. The van der Waals surface area contributed by atoms with Crippen molar-refractivity contribution in [3.8, 4) is 0 Å². The topological polar surface area (TPSA) is 44.7 Å². The van der Waals surface area contributed by atoms with E-state index in [0.29, 0.717) is 13.2 Å². The fourth-order valence-electron chi connectivity index (χ4n) is 1.29. The number of rotatable bonds is 9. The van der Waals surface area contributed by atoms with Crippen molar-refractivity contribution in [2.45, 2.75) is 20.0 Å². The van der Waals surface area contributed by atoms with Gasteiger partial charge in [0, 0.05) is 26.7 Å². The lowest BCUT2D eigenvalue weighted by molar-refractivity contribution is 0.113. The predicted octanol–water partition coefficient (Wildman–Crippen LogP) is -0.0749. The first-order valence-corrected chi connectivity index (χ1v) is 5.34. The SMILES string of the molecule is CCN(CC)CC(O)CNCCOC. The van der Waals surface area contributed by atoms with Gasteiger partial charge in [-0.1, -0.05) is 13.8 Å². The number of likely N-dealkylation sites (N-methyl/N-ethyl adjacent to an activating group) is 1. The highest BCUT2D eigenvalue weighted by Crippen LogP contribution is 1.90. The Morgan fingerprint density at radius 2 is 2.00 bits per heavy atom. The first-order valence-electron chi connectivity index (χ1n) is 5.34. The smallest absolute Gasteiger partial charge is 0.0791 e. The molecule has 0 radical (unpaired) electrons. The highest BCUT2D eigenvalue weighted by Gasteiger charge is 2.07. The van der Waals surface area contributed by atoms with Crippen LogP contribution in [0.1, 0.15) is 13.8 Å². The van der Waals surface area contributed by atoms with Crippen LogP contribution < -0.4 is 5.32 Å². The van der Waals surface area contributed by atoms with E-state index < -0.39 is 0 Å². The van der Waals surface area contributed by atoms with Gasteiger partial charge in [0.25, 0.3) is 0 Å². The molecule has 0 aromatic heterocycles. The van der Waals surface area contributed by atoms with Gasteiger partial charge in [-0.2, -0.15) is 0 Å². The molecule has 0 heterocycles. The molecule has 0 saturated heterocycles. The van der Waals surface area contributed by atoms with Crippen LogP contribution >= 0.6 is 0 Å². The summed E-state index contributed by atoms with van der Waals surface area (Å²) in [7, 11) is 1.67. The van der Waals surface area contributed by atoms with E-state index in [0.717, 1.165) is 26.2 Å².